The topological polar surface area (TPSA) is 3.24 Å². The van der Waals surface area contributed by atoms with Crippen LogP contribution in [0.2, 0.25) is 0 Å². The molecule has 0 bridgehead atoms. The molecule has 0 N–H and O–H groups in total. The summed E-state index contributed by atoms with van der Waals surface area (Å²) in [5.74, 6) is 0. The maximum absolute atomic E-state index is 2.47. The molecular weight excluding hydrogens is 743 g/mol. The van der Waals surface area contributed by atoms with Crippen molar-refractivity contribution in [2.24, 2.45) is 0 Å². The Balaban J connectivity index is 1.08. The lowest BCUT2D eigenvalue weighted by molar-refractivity contribution is 1.30. The van der Waals surface area contributed by atoms with Crippen LogP contribution in [0, 0.1) is 0 Å². The lowest BCUT2D eigenvalue weighted by Gasteiger charge is -2.28. The molecule has 282 valence electrons. The fourth-order valence-electron chi connectivity index (χ4n) is 8.75. The third-order valence-corrected chi connectivity index (χ3v) is 12.9. The minimum Gasteiger partial charge on any atom is -0.308 e. The van der Waals surface area contributed by atoms with Crippen molar-refractivity contribution in [3.63, 3.8) is 0 Å². The molecule has 0 saturated heterocycles. The van der Waals surface area contributed by atoms with Gasteiger partial charge in [0.1, 0.15) is 0 Å². The van der Waals surface area contributed by atoms with E-state index in [9.17, 15) is 0 Å². The smallest absolute Gasteiger partial charge is 0.0640 e. The summed E-state index contributed by atoms with van der Waals surface area (Å²) in [6, 6.07) is 86.2. The Labute approximate surface area is 354 Å². The van der Waals surface area contributed by atoms with Crippen LogP contribution in [0.15, 0.2) is 237 Å². The Bertz CT molecular complexity index is 3250. The van der Waals surface area contributed by atoms with Gasteiger partial charge in [-0.1, -0.05) is 182 Å². The first-order chi connectivity index (χ1) is 29.7. The fourth-order valence-corrected chi connectivity index (χ4v) is 9.96. The molecule has 1 heterocycles. The van der Waals surface area contributed by atoms with E-state index in [1.807, 2.05) is 11.3 Å². The number of thiophene rings is 1. The maximum atomic E-state index is 2.47. The predicted molar refractivity (Wildman–Crippen MR) is 259 cm³/mol. The first-order valence-electron chi connectivity index (χ1n) is 20.5. The number of hydrogen-bond acceptors (Lipinski definition) is 2. The minimum absolute atomic E-state index is 1.10. The zero-order chi connectivity index (χ0) is 39.8. The van der Waals surface area contributed by atoms with E-state index in [4.69, 9.17) is 0 Å². The SMILES string of the molecule is c1ccc(-c2cc(-c3ccccc3)cc(-c3ccc(N(c4ccccc4-c4cccc(-c5cccc6ccccc56)c4)c4cccc5c4sc4ccccc45)cc3)c2)cc1. The summed E-state index contributed by atoms with van der Waals surface area (Å²) >= 11 is 1.87. The second-order valence-corrected chi connectivity index (χ2v) is 16.3. The average Bonchev–Trinajstić information content (AvgIpc) is 3.72. The Morgan fingerprint density at radius 1 is 0.283 bits per heavy atom. The predicted octanol–water partition coefficient (Wildman–Crippen LogP) is 17.0. The van der Waals surface area contributed by atoms with Gasteiger partial charge >= 0.3 is 0 Å². The summed E-state index contributed by atoms with van der Waals surface area (Å²) in [5, 5.41) is 5.07. The van der Waals surface area contributed by atoms with Crippen LogP contribution in [0.1, 0.15) is 0 Å². The molecule has 0 aliphatic rings. The molecule has 0 radical (unpaired) electrons. The Kier molecular flexibility index (Phi) is 9.11. The van der Waals surface area contributed by atoms with Crippen LogP contribution >= 0.6 is 11.3 Å². The number of nitrogens with zero attached hydrogens (tertiary/aromatic N) is 1. The molecule has 0 aliphatic carbocycles. The van der Waals surface area contributed by atoms with Crippen LogP contribution in [-0.4, -0.2) is 0 Å². The molecule has 11 aromatic rings. The first-order valence-corrected chi connectivity index (χ1v) is 21.3. The average molecular weight is 782 g/mol. The Morgan fingerprint density at radius 3 is 1.48 bits per heavy atom. The van der Waals surface area contributed by atoms with Gasteiger partial charge in [0.2, 0.25) is 0 Å². The molecule has 0 fully saturated rings. The third kappa shape index (κ3) is 6.54. The van der Waals surface area contributed by atoms with Gasteiger partial charge in [0.05, 0.1) is 16.1 Å². The molecule has 11 rings (SSSR count). The van der Waals surface area contributed by atoms with E-state index < -0.39 is 0 Å². The van der Waals surface area contributed by atoms with Gasteiger partial charge in [0, 0.05) is 26.7 Å². The molecular formula is C58H39NS. The zero-order valence-corrected chi connectivity index (χ0v) is 33.7. The van der Waals surface area contributed by atoms with E-state index in [-0.39, 0.29) is 0 Å². The summed E-state index contributed by atoms with van der Waals surface area (Å²) in [5.41, 5.74) is 15.3. The second-order valence-electron chi connectivity index (χ2n) is 15.3. The molecule has 60 heavy (non-hydrogen) atoms. The highest BCUT2D eigenvalue weighted by Crippen LogP contribution is 2.48. The highest BCUT2D eigenvalue weighted by Gasteiger charge is 2.21. The fraction of sp³-hybridized carbons (Fsp3) is 0. The number of anilines is 3. The van der Waals surface area contributed by atoms with Crippen LogP contribution in [0.3, 0.4) is 0 Å². The molecule has 0 atom stereocenters. The molecule has 2 heteroatoms. The number of benzene rings is 10. The Hall–Kier alpha value is -7.52. The van der Waals surface area contributed by atoms with Crippen molar-refractivity contribution >= 4 is 59.3 Å². The number of hydrogen-bond donors (Lipinski definition) is 0. The molecule has 0 amide bonds. The molecule has 1 nitrogen and oxygen atoms in total. The van der Waals surface area contributed by atoms with Gasteiger partial charge in [-0.2, -0.15) is 0 Å². The molecule has 10 aromatic carbocycles. The monoisotopic (exact) mass is 781 g/mol. The summed E-state index contributed by atoms with van der Waals surface area (Å²) in [6.45, 7) is 0. The standard InChI is InChI=1S/C58H39NS/c1-3-16-40(17-4-1)46-37-47(41-18-5-2-6-19-41)39-48(38-46)42-32-34-49(35-33-42)59(56-30-15-28-54-53-26-10-12-31-57(53)60-58(54)56)55-29-11-9-25-52(55)45-23-13-22-44(36-45)51-27-14-21-43-20-7-8-24-50(43)51/h1-39H. The first kappa shape index (κ1) is 35.6. The minimum atomic E-state index is 1.10. The van der Waals surface area contributed by atoms with E-state index >= 15 is 0 Å². The van der Waals surface area contributed by atoms with Crippen molar-refractivity contribution in [3.8, 4) is 55.6 Å². The highest BCUT2D eigenvalue weighted by molar-refractivity contribution is 7.26. The van der Waals surface area contributed by atoms with Crippen molar-refractivity contribution in [2.75, 3.05) is 4.90 Å². The van der Waals surface area contributed by atoms with Gasteiger partial charge < -0.3 is 4.90 Å². The number of fused-ring (bicyclic) bond motifs is 4. The van der Waals surface area contributed by atoms with Crippen molar-refractivity contribution in [2.45, 2.75) is 0 Å². The van der Waals surface area contributed by atoms with E-state index in [2.05, 4.69) is 241 Å². The van der Waals surface area contributed by atoms with E-state index in [0.717, 1.165) is 17.1 Å². The number of rotatable bonds is 8. The molecule has 0 spiro atoms. The lowest BCUT2D eigenvalue weighted by Crippen LogP contribution is -2.11. The van der Waals surface area contributed by atoms with Crippen LogP contribution in [-0.2, 0) is 0 Å². The highest BCUT2D eigenvalue weighted by atomic mass is 32.1. The molecule has 0 saturated carbocycles. The van der Waals surface area contributed by atoms with E-state index in [1.54, 1.807) is 0 Å². The van der Waals surface area contributed by atoms with Gasteiger partial charge in [0.25, 0.3) is 0 Å². The molecule has 1 aromatic heterocycles. The summed E-state index contributed by atoms with van der Waals surface area (Å²) in [7, 11) is 0. The van der Waals surface area contributed by atoms with Gasteiger partial charge in [-0.25, -0.2) is 0 Å². The van der Waals surface area contributed by atoms with Crippen LogP contribution < -0.4 is 4.90 Å². The largest absolute Gasteiger partial charge is 0.308 e. The number of para-hydroxylation sites is 1. The van der Waals surface area contributed by atoms with E-state index in [1.165, 1.54) is 86.6 Å². The quantitative estimate of drug-likeness (QED) is 0.148. The summed E-state index contributed by atoms with van der Waals surface area (Å²) in [4.78, 5) is 2.47. The van der Waals surface area contributed by atoms with E-state index in [0.29, 0.717) is 0 Å². The third-order valence-electron chi connectivity index (χ3n) is 11.6. The maximum Gasteiger partial charge on any atom is 0.0640 e. The molecule has 0 unspecified atom stereocenters. The van der Waals surface area contributed by atoms with Crippen LogP contribution in [0.5, 0.6) is 0 Å². The van der Waals surface area contributed by atoms with Crippen molar-refractivity contribution in [1.29, 1.82) is 0 Å². The summed E-state index contributed by atoms with van der Waals surface area (Å²) < 4.78 is 2.56. The van der Waals surface area contributed by atoms with Crippen molar-refractivity contribution < 1.29 is 0 Å². The zero-order valence-electron chi connectivity index (χ0n) is 32.9. The second kappa shape index (κ2) is 15.3. The lowest BCUT2D eigenvalue weighted by atomic mass is 9.93. The van der Waals surface area contributed by atoms with Crippen LogP contribution in [0.25, 0.3) is 86.6 Å². The van der Waals surface area contributed by atoms with Crippen LogP contribution in [0.4, 0.5) is 17.1 Å². The van der Waals surface area contributed by atoms with Gasteiger partial charge in [0.15, 0.2) is 0 Å². The van der Waals surface area contributed by atoms with Gasteiger partial charge in [-0.3, -0.25) is 0 Å². The van der Waals surface area contributed by atoms with Gasteiger partial charge in [-0.15, -0.1) is 11.3 Å². The normalized spacial score (nSPS) is 11.3. The van der Waals surface area contributed by atoms with Crippen molar-refractivity contribution in [3.05, 3.63) is 237 Å². The van der Waals surface area contributed by atoms with Crippen molar-refractivity contribution in [1.82, 2.24) is 0 Å². The Morgan fingerprint density at radius 2 is 0.750 bits per heavy atom. The molecule has 0 aliphatic heterocycles. The van der Waals surface area contributed by atoms with Gasteiger partial charge in [-0.05, 0) is 115 Å². The summed E-state index contributed by atoms with van der Waals surface area (Å²) in [6.07, 6.45) is 0.